The molecule has 5 heteroatoms. The zero-order valence-corrected chi connectivity index (χ0v) is 18.0. The van der Waals surface area contributed by atoms with Gasteiger partial charge < -0.3 is 14.8 Å². The summed E-state index contributed by atoms with van der Waals surface area (Å²) in [6, 6.07) is 9.38. The minimum atomic E-state index is -0.207. The van der Waals surface area contributed by atoms with Gasteiger partial charge in [-0.2, -0.15) is 0 Å². The van der Waals surface area contributed by atoms with Crippen LogP contribution in [0.3, 0.4) is 0 Å². The van der Waals surface area contributed by atoms with Crippen LogP contribution in [0.1, 0.15) is 58.5 Å². The average Bonchev–Trinajstić information content (AvgIpc) is 2.86. The molecule has 1 aromatic heterocycles. The Hall–Kier alpha value is -2.79. The largest absolute Gasteiger partial charge is 0.508 e. The number of amides is 1. The molecule has 1 fully saturated rings. The minimum absolute atomic E-state index is 0.207. The van der Waals surface area contributed by atoms with Gasteiger partial charge >= 0.3 is 0 Å². The molecule has 158 valence electrons. The second kappa shape index (κ2) is 8.52. The molecule has 1 saturated heterocycles. The molecule has 30 heavy (non-hydrogen) atoms. The maximum atomic E-state index is 13.3. The van der Waals surface area contributed by atoms with E-state index in [0.29, 0.717) is 23.5 Å². The molecule has 3 aromatic rings. The summed E-state index contributed by atoms with van der Waals surface area (Å²) in [4.78, 5) is 15.7. The van der Waals surface area contributed by atoms with Crippen LogP contribution in [-0.2, 0) is 6.54 Å². The monoisotopic (exact) mass is 406 g/mol. The van der Waals surface area contributed by atoms with Gasteiger partial charge in [0.25, 0.3) is 5.91 Å². The van der Waals surface area contributed by atoms with Gasteiger partial charge in [0.15, 0.2) is 0 Å². The first-order chi connectivity index (χ1) is 14.4. The van der Waals surface area contributed by atoms with E-state index in [9.17, 15) is 9.90 Å². The third-order valence-corrected chi connectivity index (χ3v) is 6.05. The normalized spacial score (nSPS) is 15.3. The summed E-state index contributed by atoms with van der Waals surface area (Å²) in [7, 11) is 0. The molecule has 0 bridgehead atoms. The number of carbonyl (C=O) groups excluding carboxylic acids is 1. The number of likely N-dealkylation sites (tertiary alicyclic amines) is 1. The molecule has 1 aliphatic heterocycles. The predicted molar refractivity (Wildman–Crippen MR) is 120 cm³/mol. The number of phenolic OH excluding ortho intramolecular Hbond substituents is 1. The highest BCUT2D eigenvalue weighted by Gasteiger charge is 2.24. The van der Waals surface area contributed by atoms with Crippen molar-refractivity contribution in [3.05, 3.63) is 58.3 Å². The Labute approximate surface area is 177 Å². The van der Waals surface area contributed by atoms with Crippen molar-refractivity contribution >= 4 is 22.6 Å². The number of aromatic hydroxyl groups is 1. The molecule has 0 unspecified atom stereocenters. The van der Waals surface area contributed by atoms with Gasteiger partial charge in [-0.1, -0.05) is 30.5 Å². The number of carbonyl (C=O) groups is 1. The number of benzene rings is 2. The lowest BCUT2D eigenvalue weighted by atomic mass is 10.0. The van der Waals surface area contributed by atoms with Gasteiger partial charge in [0, 0.05) is 23.2 Å². The van der Waals surface area contributed by atoms with E-state index >= 15 is 0 Å². The SMILES string of the molecule is Cc1ccc(NC(=O)c2c(C)oc3ccc(O)c(CN4CCCCCC4)c23)c(C)c1. The predicted octanol–water partition coefficient (Wildman–Crippen LogP) is 5.69. The zero-order chi connectivity index (χ0) is 21.3. The van der Waals surface area contributed by atoms with Gasteiger partial charge in [-0.15, -0.1) is 0 Å². The molecule has 2 N–H and O–H groups in total. The third-order valence-electron chi connectivity index (χ3n) is 6.05. The number of fused-ring (bicyclic) bond motifs is 1. The summed E-state index contributed by atoms with van der Waals surface area (Å²) >= 11 is 0. The van der Waals surface area contributed by atoms with E-state index in [1.807, 2.05) is 39.0 Å². The smallest absolute Gasteiger partial charge is 0.259 e. The molecule has 2 heterocycles. The molecule has 0 aliphatic carbocycles. The molecule has 0 radical (unpaired) electrons. The first-order valence-electron chi connectivity index (χ1n) is 10.8. The molecule has 4 rings (SSSR count). The maximum Gasteiger partial charge on any atom is 0.259 e. The summed E-state index contributed by atoms with van der Waals surface area (Å²) in [5, 5.41) is 14.4. The number of nitrogens with one attached hydrogen (secondary N) is 1. The van der Waals surface area contributed by atoms with Crippen LogP contribution in [-0.4, -0.2) is 29.0 Å². The Balaban J connectivity index is 1.73. The van der Waals surface area contributed by atoms with Crippen LogP contribution in [0.4, 0.5) is 5.69 Å². The van der Waals surface area contributed by atoms with Crippen LogP contribution in [0.5, 0.6) is 5.75 Å². The van der Waals surface area contributed by atoms with E-state index in [4.69, 9.17) is 4.42 Å². The van der Waals surface area contributed by atoms with Gasteiger partial charge in [-0.25, -0.2) is 0 Å². The lowest BCUT2D eigenvalue weighted by molar-refractivity contribution is 0.102. The number of anilines is 1. The van der Waals surface area contributed by atoms with Crippen molar-refractivity contribution in [3.63, 3.8) is 0 Å². The second-order valence-electron chi connectivity index (χ2n) is 8.43. The van der Waals surface area contributed by atoms with Gasteiger partial charge in [-0.05, 0) is 70.5 Å². The number of phenols is 1. The van der Waals surface area contributed by atoms with Crippen molar-refractivity contribution in [2.75, 3.05) is 18.4 Å². The van der Waals surface area contributed by atoms with Crippen LogP contribution in [0.15, 0.2) is 34.7 Å². The minimum Gasteiger partial charge on any atom is -0.508 e. The number of nitrogens with zero attached hydrogens (tertiary/aromatic N) is 1. The molecular formula is C25H30N2O3. The Morgan fingerprint density at radius 3 is 2.50 bits per heavy atom. The van der Waals surface area contributed by atoms with Crippen molar-refractivity contribution in [2.24, 2.45) is 0 Å². The molecule has 0 atom stereocenters. The molecule has 1 aliphatic rings. The van der Waals surface area contributed by atoms with Crippen LogP contribution in [0.2, 0.25) is 0 Å². The molecule has 0 saturated carbocycles. The van der Waals surface area contributed by atoms with Crippen LogP contribution < -0.4 is 5.32 Å². The summed E-state index contributed by atoms with van der Waals surface area (Å²) < 4.78 is 5.93. The summed E-state index contributed by atoms with van der Waals surface area (Å²) in [5.41, 5.74) is 4.87. The lowest BCUT2D eigenvalue weighted by Gasteiger charge is -2.21. The van der Waals surface area contributed by atoms with Crippen LogP contribution in [0, 0.1) is 20.8 Å². The Kier molecular flexibility index (Phi) is 5.82. The highest BCUT2D eigenvalue weighted by Crippen LogP contribution is 2.35. The Morgan fingerprint density at radius 1 is 1.07 bits per heavy atom. The summed E-state index contributed by atoms with van der Waals surface area (Å²) in [6.07, 6.45) is 4.84. The number of furan rings is 1. The summed E-state index contributed by atoms with van der Waals surface area (Å²) in [6.45, 7) is 8.47. The van der Waals surface area contributed by atoms with E-state index in [1.165, 1.54) is 25.7 Å². The van der Waals surface area contributed by atoms with Gasteiger partial charge in [0.1, 0.15) is 17.1 Å². The van der Waals surface area contributed by atoms with E-state index in [2.05, 4.69) is 10.2 Å². The fraction of sp³-hybridized carbons (Fsp3) is 0.400. The van der Waals surface area contributed by atoms with Crippen molar-refractivity contribution in [1.82, 2.24) is 4.90 Å². The summed E-state index contributed by atoms with van der Waals surface area (Å²) in [5.74, 6) is 0.573. The van der Waals surface area contributed by atoms with Gasteiger partial charge in [-0.3, -0.25) is 9.69 Å². The number of hydrogen-bond acceptors (Lipinski definition) is 4. The molecule has 5 nitrogen and oxygen atoms in total. The van der Waals surface area contributed by atoms with Gasteiger partial charge in [0.2, 0.25) is 0 Å². The van der Waals surface area contributed by atoms with E-state index in [0.717, 1.165) is 40.9 Å². The molecular weight excluding hydrogens is 376 g/mol. The third kappa shape index (κ3) is 4.08. The topological polar surface area (TPSA) is 65.7 Å². The first-order valence-corrected chi connectivity index (χ1v) is 10.8. The quantitative estimate of drug-likeness (QED) is 0.584. The fourth-order valence-electron chi connectivity index (χ4n) is 4.46. The molecule has 0 spiro atoms. The molecule has 2 aromatic carbocycles. The van der Waals surface area contributed by atoms with Crippen LogP contribution in [0.25, 0.3) is 11.0 Å². The Bertz CT molecular complexity index is 1080. The Morgan fingerprint density at radius 2 is 1.80 bits per heavy atom. The highest BCUT2D eigenvalue weighted by molar-refractivity contribution is 6.14. The van der Waals surface area contributed by atoms with Crippen molar-refractivity contribution < 1.29 is 14.3 Å². The lowest BCUT2D eigenvalue weighted by Crippen LogP contribution is -2.24. The van der Waals surface area contributed by atoms with E-state index < -0.39 is 0 Å². The van der Waals surface area contributed by atoms with Crippen molar-refractivity contribution in [1.29, 1.82) is 0 Å². The number of hydrogen-bond donors (Lipinski definition) is 2. The van der Waals surface area contributed by atoms with Crippen LogP contribution >= 0.6 is 0 Å². The standard InChI is InChI=1S/C25H30N2O3/c1-16-8-9-20(17(2)14-16)26-25(29)23-18(3)30-22-11-10-21(28)19(24(22)23)15-27-12-6-4-5-7-13-27/h8-11,14,28H,4-7,12-13,15H2,1-3H3,(H,26,29). The average molecular weight is 407 g/mol. The number of rotatable bonds is 4. The van der Waals surface area contributed by atoms with Crippen molar-refractivity contribution in [3.8, 4) is 5.75 Å². The highest BCUT2D eigenvalue weighted by atomic mass is 16.3. The zero-order valence-electron chi connectivity index (χ0n) is 18.0. The van der Waals surface area contributed by atoms with E-state index in [-0.39, 0.29) is 11.7 Å². The number of aryl methyl sites for hydroxylation is 3. The van der Waals surface area contributed by atoms with Crippen molar-refractivity contribution in [2.45, 2.75) is 53.0 Å². The van der Waals surface area contributed by atoms with Gasteiger partial charge in [0.05, 0.1) is 5.56 Å². The maximum absolute atomic E-state index is 13.3. The molecule has 1 amide bonds. The fourth-order valence-corrected chi connectivity index (χ4v) is 4.46. The second-order valence-corrected chi connectivity index (χ2v) is 8.43. The first kappa shape index (κ1) is 20.5. The van der Waals surface area contributed by atoms with E-state index in [1.54, 1.807) is 12.1 Å².